The van der Waals surface area contributed by atoms with Gasteiger partial charge in [-0.3, -0.25) is 0 Å². The smallest absolute Gasteiger partial charge is 0.0367 e. The van der Waals surface area contributed by atoms with Crippen molar-refractivity contribution in [1.82, 2.24) is 4.57 Å². The molecule has 1 aliphatic rings. The molecule has 0 aliphatic heterocycles. The lowest BCUT2D eigenvalue weighted by Crippen LogP contribution is -2.26. The van der Waals surface area contributed by atoms with E-state index in [1.165, 1.54) is 32.2 Å². The lowest BCUT2D eigenvalue weighted by molar-refractivity contribution is 0.507. The van der Waals surface area contributed by atoms with E-state index in [1.807, 2.05) is 0 Å². The molecule has 0 radical (unpaired) electrons. The van der Waals surface area contributed by atoms with E-state index < -0.39 is 0 Å². The number of rotatable bonds is 3. The van der Waals surface area contributed by atoms with Gasteiger partial charge in [0.05, 0.1) is 0 Å². The number of hydrogen-bond donors (Lipinski definition) is 0. The summed E-state index contributed by atoms with van der Waals surface area (Å²) in [5.41, 5.74) is 0. The van der Waals surface area contributed by atoms with Crippen LogP contribution in [0.5, 0.6) is 0 Å². The molecular formula is C11H17NS. The van der Waals surface area contributed by atoms with Crippen LogP contribution in [0.15, 0.2) is 24.5 Å². The van der Waals surface area contributed by atoms with E-state index >= 15 is 0 Å². The molecule has 0 atom stereocenters. The number of aromatic nitrogens is 1. The lowest BCUT2D eigenvalue weighted by Gasteiger charge is -2.27. The van der Waals surface area contributed by atoms with Crippen LogP contribution in [0.1, 0.15) is 25.7 Å². The third-order valence-corrected chi connectivity index (χ3v) is 4.49. The van der Waals surface area contributed by atoms with Gasteiger partial charge in [0.2, 0.25) is 0 Å². The maximum absolute atomic E-state index is 2.32. The van der Waals surface area contributed by atoms with Gasteiger partial charge in [0, 0.05) is 23.7 Å². The van der Waals surface area contributed by atoms with Crippen molar-refractivity contribution in [2.75, 3.05) is 6.26 Å². The van der Waals surface area contributed by atoms with E-state index in [0.29, 0.717) is 4.75 Å². The fraction of sp³-hybridized carbons (Fsp3) is 0.636. The van der Waals surface area contributed by atoms with Crippen molar-refractivity contribution in [3.05, 3.63) is 24.5 Å². The fourth-order valence-corrected chi connectivity index (χ4v) is 3.23. The largest absolute Gasteiger partial charge is 0.353 e. The molecule has 2 rings (SSSR count). The van der Waals surface area contributed by atoms with Crippen LogP contribution >= 0.6 is 11.8 Å². The highest BCUT2D eigenvalue weighted by molar-refractivity contribution is 8.00. The summed E-state index contributed by atoms with van der Waals surface area (Å²) in [5, 5.41) is 0. The van der Waals surface area contributed by atoms with Crippen molar-refractivity contribution in [1.29, 1.82) is 0 Å². The predicted molar refractivity (Wildman–Crippen MR) is 59.1 cm³/mol. The molecule has 1 aromatic heterocycles. The predicted octanol–water partition coefficient (Wildman–Crippen LogP) is 3.16. The third kappa shape index (κ3) is 1.93. The van der Waals surface area contributed by atoms with Gasteiger partial charge in [-0.15, -0.1) is 0 Å². The highest BCUT2D eigenvalue weighted by atomic mass is 32.2. The number of nitrogens with zero attached hydrogens (tertiary/aromatic N) is 1. The van der Waals surface area contributed by atoms with Crippen molar-refractivity contribution >= 4 is 11.8 Å². The lowest BCUT2D eigenvalue weighted by atomic mass is 10.1. The Hall–Kier alpha value is -0.370. The molecule has 0 amide bonds. The summed E-state index contributed by atoms with van der Waals surface area (Å²) >= 11 is 2.06. The Morgan fingerprint density at radius 2 is 1.85 bits per heavy atom. The van der Waals surface area contributed by atoms with Crippen LogP contribution in [-0.4, -0.2) is 15.6 Å². The van der Waals surface area contributed by atoms with Crippen LogP contribution in [0.25, 0.3) is 0 Å². The average Bonchev–Trinajstić information content (AvgIpc) is 2.77. The summed E-state index contributed by atoms with van der Waals surface area (Å²) in [4.78, 5) is 0. The Balaban J connectivity index is 2.06. The van der Waals surface area contributed by atoms with Gasteiger partial charge in [0.25, 0.3) is 0 Å². The number of hydrogen-bond acceptors (Lipinski definition) is 1. The Labute approximate surface area is 84.5 Å². The zero-order valence-electron chi connectivity index (χ0n) is 8.20. The molecule has 0 spiro atoms. The van der Waals surface area contributed by atoms with Crippen molar-refractivity contribution in [3.63, 3.8) is 0 Å². The number of thioether (sulfide) groups is 1. The SMILES string of the molecule is CSC1(Cn2cccc2)CCCC1. The maximum atomic E-state index is 2.32. The molecule has 13 heavy (non-hydrogen) atoms. The molecule has 0 saturated heterocycles. The Morgan fingerprint density at radius 3 is 2.38 bits per heavy atom. The van der Waals surface area contributed by atoms with E-state index in [1.54, 1.807) is 0 Å². The summed E-state index contributed by atoms with van der Waals surface area (Å²) in [5.74, 6) is 0. The zero-order chi connectivity index (χ0) is 9.15. The van der Waals surface area contributed by atoms with Crippen molar-refractivity contribution in [2.45, 2.75) is 37.0 Å². The van der Waals surface area contributed by atoms with Gasteiger partial charge in [-0.25, -0.2) is 0 Å². The Kier molecular flexibility index (Phi) is 2.68. The van der Waals surface area contributed by atoms with Gasteiger partial charge in [-0.2, -0.15) is 11.8 Å². The highest BCUT2D eigenvalue weighted by Gasteiger charge is 2.32. The van der Waals surface area contributed by atoms with E-state index in [4.69, 9.17) is 0 Å². The van der Waals surface area contributed by atoms with E-state index in [9.17, 15) is 0 Å². The van der Waals surface area contributed by atoms with Gasteiger partial charge in [0.15, 0.2) is 0 Å². The van der Waals surface area contributed by atoms with Crippen LogP contribution < -0.4 is 0 Å². The average molecular weight is 195 g/mol. The molecule has 0 bridgehead atoms. The normalized spacial score (nSPS) is 20.7. The molecule has 1 fully saturated rings. The van der Waals surface area contributed by atoms with Crippen molar-refractivity contribution < 1.29 is 0 Å². The van der Waals surface area contributed by atoms with Gasteiger partial charge in [0.1, 0.15) is 0 Å². The summed E-state index contributed by atoms with van der Waals surface area (Å²) in [6.07, 6.45) is 12.2. The molecule has 72 valence electrons. The summed E-state index contributed by atoms with van der Waals surface area (Å²) in [6, 6.07) is 4.23. The maximum Gasteiger partial charge on any atom is 0.0367 e. The molecule has 0 unspecified atom stereocenters. The molecule has 0 N–H and O–H groups in total. The first-order valence-electron chi connectivity index (χ1n) is 5.01. The van der Waals surface area contributed by atoms with Gasteiger partial charge >= 0.3 is 0 Å². The Morgan fingerprint density at radius 1 is 1.23 bits per heavy atom. The van der Waals surface area contributed by atoms with E-state index in [2.05, 4.69) is 47.1 Å². The summed E-state index contributed by atoms with van der Waals surface area (Å²) in [6.45, 7) is 1.20. The van der Waals surface area contributed by atoms with Crippen LogP contribution in [0.2, 0.25) is 0 Å². The first-order chi connectivity index (χ1) is 6.35. The van der Waals surface area contributed by atoms with E-state index in [0.717, 1.165) is 0 Å². The van der Waals surface area contributed by atoms with Crippen molar-refractivity contribution in [3.8, 4) is 0 Å². The minimum absolute atomic E-state index is 0.541. The molecule has 1 nitrogen and oxygen atoms in total. The molecule has 1 aromatic rings. The van der Waals surface area contributed by atoms with E-state index in [-0.39, 0.29) is 0 Å². The summed E-state index contributed by atoms with van der Waals surface area (Å²) in [7, 11) is 0. The molecular weight excluding hydrogens is 178 g/mol. The molecule has 1 aliphatic carbocycles. The van der Waals surface area contributed by atoms with Crippen LogP contribution in [0.3, 0.4) is 0 Å². The minimum Gasteiger partial charge on any atom is -0.353 e. The molecule has 2 heteroatoms. The molecule has 0 aromatic carbocycles. The zero-order valence-corrected chi connectivity index (χ0v) is 9.02. The summed E-state index contributed by atoms with van der Waals surface area (Å²) < 4.78 is 2.86. The van der Waals surface area contributed by atoms with Crippen LogP contribution in [-0.2, 0) is 6.54 Å². The highest BCUT2D eigenvalue weighted by Crippen LogP contribution is 2.41. The monoisotopic (exact) mass is 195 g/mol. The Bertz CT molecular complexity index is 247. The van der Waals surface area contributed by atoms with Gasteiger partial charge in [-0.1, -0.05) is 12.8 Å². The molecule has 1 saturated carbocycles. The fourth-order valence-electron chi connectivity index (χ4n) is 2.25. The van der Waals surface area contributed by atoms with Crippen LogP contribution in [0.4, 0.5) is 0 Å². The third-order valence-electron chi connectivity index (χ3n) is 3.08. The second-order valence-corrected chi connectivity index (χ2v) is 5.22. The first kappa shape index (κ1) is 9.20. The topological polar surface area (TPSA) is 4.93 Å². The minimum atomic E-state index is 0.541. The molecule has 1 heterocycles. The van der Waals surface area contributed by atoms with Gasteiger partial charge in [-0.05, 0) is 31.2 Å². The quantitative estimate of drug-likeness (QED) is 0.717. The van der Waals surface area contributed by atoms with Crippen molar-refractivity contribution in [2.24, 2.45) is 0 Å². The first-order valence-corrected chi connectivity index (χ1v) is 6.23. The second-order valence-electron chi connectivity index (χ2n) is 3.95. The van der Waals surface area contributed by atoms with Gasteiger partial charge < -0.3 is 4.57 Å². The second kappa shape index (κ2) is 3.79. The standard InChI is InChI=1S/C11H17NS/c1-13-11(6-2-3-7-11)10-12-8-4-5-9-12/h4-5,8-9H,2-3,6-7,10H2,1H3. The van der Waals surface area contributed by atoms with Crippen LogP contribution in [0, 0.1) is 0 Å².